The van der Waals surface area contributed by atoms with E-state index in [1.807, 2.05) is 36.4 Å². The smallest absolute Gasteiger partial charge is 0.185 e. The lowest BCUT2D eigenvalue weighted by Gasteiger charge is -2.05. The highest BCUT2D eigenvalue weighted by molar-refractivity contribution is 6.06. The number of ketones is 1. The van der Waals surface area contributed by atoms with Crippen molar-refractivity contribution in [1.29, 1.82) is 0 Å². The summed E-state index contributed by atoms with van der Waals surface area (Å²) < 4.78 is 0. The van der Waals surface area contributed by atoms with Crippen LogP contribution in [0.3, 0.4) is 0 Å². The molecule has 0 heterocycles. The average molecular weight is 465 g/mol. The first-order chi connectivity index (χ1) is 17.1. The van der Waals surface area contributed by atoms with Gasteiger partial charge in [-0.25, -0.2) is 0 Å². The molecule has 3 rings (SSSR count). The molecule has 0 spiro atoms. The van der Waals surface area contributed by atoms with Gasteiger partial charge >= 0.3 is 0 Å². The Balaban J connectivity index is 1.21. The normalized spacial score (nSPS) is 11.1. The van der Waals surface area contributed by atoms with E-state index in [2.05, 4.69) is 62.0 Å². The Morgan fingerprint density at radius 3 is 1.63 bits per heavy atom. The molecule has 0 unspecified atom stereocenters. The standard InChI is InChI=1S/C34H40O/c1-28(2)32-25-22-30(23-26-32)15-11-8-6-4-3-5-7-10-14-29-18-20-31(21-19-29)24-27-34(35)33-16-12-9-13-17-33/h9,12-13,16-27H,1,3-8,10-11,14-15H2,2H3. The number of rotatable bonds is 15. The Labute approximate surface area is 212 Å². The van der Waals surface area contributed by atoms with Crippen LogP contribution in [0.5, 0.6) is 0 Å². The van der Waals surface area contributed by atoms with Gasteiger partial charge in [-0.15, -0.1) is 0 Å². The lowest BCUT2D eigenvalue weighted by atomic mass is 10.0. The van der Waals surface area contributed by atoms with Crippen molar-refractivity contribution in [2.24, 2.45) is 0 Å². The minimum Gasteiger partial charge on any atom is -0.289 e. The van der Waals surface area contributed by atoms with Gasteiger partial charge in [0.2, 0.25) is 0 Å². The van der Waals surface area contributed by atoms with E-state index >= 15 is 0 Å². The maximum atomic E-state index is 12.2. The number of benzene rings is 3. The van der Waals surface area contributed by atoms with Crippen molar-refractivity contribution in [3.05, 3.63) is 119 Å². The van der Waals surface area contributed by atoms with Crippen LogP contribution in [0.2, 0.25) is 0 Å². The maximum absolute atomic E-state index is 12.2. The molecular weight excluding hydrogens is 424 g/mol. The van der Waals surface area contributed by atoms with Gasteiger partial charge in [0.25, 0.3) is 0 Å². The van der Waals surface area contributed by atoms with Gasteiger partial charge < -0.3 is 0 Å². The summed E-state index contributed by atoms with van der Waals surface area (Å²) in [6.07, 6.45) is 16.5. The largest absolute Gasteiger partial charge is 0.289 e. The zero-order valence-corrected chi connectivity index (χ0v) is 21.3. The fourth-order valence-electron chi connectivity index (χ4n) is 4.34. The van der Waals surface area contributed by atoms with E-state index in [1.54, 1.807) is 6.08 Å². The highest BCUT2D eigenvalue weighted by Crippen LogP contribution is 2.16. The number of unbranched alkanes of at least 4 members (excludes halogenated alkanes) is 7. The summed E-state index contributed by atoms with van der Waals surface area (Å²) in [5.74, 6) is 0.0447. The second kappa shape index (κ2) is 14.9. The Kier molecular flexibility index (Phi) is 11.3. The van der Waals surface area contributed by atoms with Gasteiger partial charge in [-0.05, 0) is 60.9 Å². The van der Waals surface area contributed by atoms with Gasteiger partial charge in [0.1, 0.15) is 0 Å². The number of aryl methyl sites for hydroxylation is 2. The van der Waals surface area contributed by atoms with E-state index < -0.39 is 0 Å². The van der Waals surface area contributed by atoms with Crippen LogP contribution >= 0.6 is 0 Å². The first kappa shape index (κ1) is 26.4. The zero-order chi connectivity index (χ0) is 24.7. The van der Waals surface area contributed by atoms with Gasteiger partial charge in [0.15, 0.2) is 5.78 Å². The van der Waals surface area contributed by atoms with Crippen LogP contribution < -0.4 is 0 Å². The third kappa shape index (κ3) is 9.91. The van der Waals surface area contributed by atoms with Crippen molar-refractivity contribution in [3.8, 4) is 0 Å². The highest BCUT2D eigenvalue weighted by atomic mass is 16.1. The quantitative estimate of drug-likeness (QED) is 0.124. The van der Waals surface area contributed by atoms with Gasteiger partial charge in [-0.1, -0.05) is 136 Å². The molecule has 0 aliphatic carbocycles. The lowest BCUT2D eigenvalue weighted by Crippen LogP contribution is -1.92. The molecule has 35 heavy (non-hydrogen) atoms. The molecule has 3 aromatic rings. The van der Waals surface area contributed by atoms with Crippen molar-refractivity contribution in [2.45, 2.75) is 71.1 Å². The molecule has 0 aliphatic rings. The minimum atomic E-state index is 0.0447. The summed E-state index contributed by atoms with van der Waals surface area (Å²) in [4.78, 5) is 12.2. The first-order valence-electron chi connectivity index (χ1n) is 13.2. The van der Waals surface area contributed by atoms with Crippen LogP contribution in [0.1, 0.15) is 90.9 Å². The second-order valence-electron chi connectivity index (χ2n) is 9.61. The molecule has 0 N–H and O–H groups in total. The van der Waals surface area contributed by atoms with E-state index in [4.69, 9.17) is 0 Å². The molecule has 0 radical (unpaired) electrons. The molecular formula is C34H40O. The Morgan fingerprint density at radius 2 is 1.11 bits per heavy atom. The average Bonchev–Trinajstić information content (AvgIpc) is 2.89. The lowest BCUT2D eigenvalue weighted by molar-refractivity contribution is 0.104. The minimum absolute atomic E-state index is 0.0447. The molecule has 0 aromatic heterocycles. The number of allylic oxidation sites excluding steroid dienone is 2. The van der Waals surface area contributed by atoms with Gasteiger partial charge in [0, 0.05) is 5.56 Å². The summed E-state index contributed by atoms with van der Waals surface area (Å²) in [5, 5.41) is 0. The summed E-state index contributed by atoms with van der Waals surface area (Å²) in [6.45, 7) is 6.06. The number of hydrogen-bond acceptors (Lipinski definition) is 1. The van der Waals surface area contributed by atoms with E-state index in [0.717, 1.165) is 23.1 Å². The van der Waals surface area contributed by atoms with Crippen molar-refractivity contribution >= 4 is 17.4 Å². The van der Waals surface area contributed by atoms with Crippen LogP contribution in [0, 0.1) is 0 Å². The Hall–Kier alpha value is -3.19. The van der Waals surface area contributed by atoms with Crippen molar-refractivity contribution in [3.63, 3.8) is 0 Å². The molecule has 182 valence electrons. The van der Waals surface area contributed by atoms with E-state index in [0.29, 0.717) is 0 Å². The molecule has 1 heteroatoms. The third-order valence-electron chi connectivity index (χ3n) is 6.59. The van der Waals surface area contributed by atoms with Gasteiger partial charge in [-0.2, -0.15) is 0 Å². The second-order valence-corrected chi connectivity index (χ2v) is 9.61. The Bertz CT molecular complexity index is 1060. The first-order valence-corrected chi connectivity index (χ1v) is 13.2. The fraction of sp³-hybridized carbons (Fsp3) is 0.324. The van der Waals surface area contributed by atoms with E-state index in [-0.39, 0.29) is 5.78 Å². The van der Waals surface area contributed by atoms with Crippen LogP contribution in [0.15, 0.2) is 91.5 Å². The Morgan fingerprint density at radius 1 is 0.629 bits per heavy atom. The molecule has 0 atom stereocenters. The van der Waals surface area contributed by atoms with Gasteiger partial charge in [-0.3, -0.25) is 4.79 Å². The van der Waals surface area contributed by atoms with Gasteiger partial charge in [0.05, 0.1) is 0 Å². The maximum Gasteiger partial charge on any atom is 0.185 e. The summed E-state index contributed by atoms with van der Waals surface area (Å²) >= 11 is 0. The van der Waals surface area contributed by atoms with Crippen molar-refractivity contribution in [2.75, 3.05) is 0 Å². The van der Waals surface area contributed by atoms with Crippen LogP contribution in [-0.4, -0.2) is 5.78 Å². The molecule has 0 fully saturated rings. The predicted molar refractivity (Wildman–Crippen MR) is 152 cm³/mol. The summed E-state index contributed by atoms with van der Waals surface area (Å²) in [5.41, 5.74) is 7.01. The number of carbonyl (C=O) groups is 1. The zero-order valence-electron chi connectivity index (χ0n) is 21.3. The summed E-state index contributed by atoms with van der Waals surface area (Å²) in [7, 11) is 0. The van der Waals surface area contributed by atoms with E-state index in [1.165, 1.54) is 74.5 Å². The van der Waals surface area contributed by atoms with Crippen LogP contribution in [-0.2, 0) is 12.8 Å². The monoisotopic (exact) mass is 464 g/mol. The van der Waals surface area contributed by atoms with Crippen LogP contribution in [0.25, 0.3) is 11.6 Å². The molecule has 0 aliphatic heterocycles. The molecule has 3 aromatic carbocycles. The van der Waals surface area contributed by atoms with E-state index in [9.17, 15) is 4.79 Å². The number of hydrogen-bond donors (Lipinski definition) is 0. The van der Waals surface area contributed by atoms with Crippen LogP contribution in [0.4, 0.5) is 0 Å². The third-order valence-corrected chi connectivity index (χ3v) is 6.59. The molecule has 0 saturated heterocycles. The van der Waals surface area contributed by atoms with Crippen molar-refractivity contribution < 1.29 is 4.79 Å². The SMILES string of the molecule is C=C(C)c1ccc(CCCCCCCCCCc2ccc(C=CC(=O)c3ccccc3)cc2)cc1. The highest BCUT2D eigenvalue weighted by Gasteiger charge is 2.00. The summed E-state index contributed by atoms with van der Waals surface area (Å²) in [6, 6.07) is 26.9. The predicted octanol–water partition coefficient (Wildman–Crippen LogP) is 9.52. The number of carbonyl (C=O) groups excluding carboxylic acids is 1. The molecule has 1 nitrogen and oxygen atoms in total. The molecule has 0 bridgehead atoms. The topological polar surface area (TPSA) is 17.1 Å². The molecule has 0 amide bonds. The van der Waals surface area contributed by atoms with Crippen molar-refractivity contribution in [1.82, 2.24) is 0 Å². The fourth-order valence-corrected chi connectivity index (χ4v) is 4.34. The molecule has 0 saturated carbocycles.